The molecule has 1 unspecified atom stereocenters. The van der Waals surface area contributed by atoms with Crippen LogP contribution in [0.2, 0.25) is 0 Å². The maximum Gasteiger partial charge on any atom is 0.238 e. The topological polar surface area (TPSA) is 74.3 Å². The number of phenols is 1. The molecular formula is C29H33N3O4. The van der Waals surface area contributed by atoms with Crippen LogP contribution >= 0.6 is 0 Å². The van der Waals surface area contributed by atoms with Crippen LogP contribution in [0.4, 0.5) is 11.4 Å². The number of hydrogen-bond donors (Lipinski definition) is 2. The molecule has 2 aliphatic rings. The molecule has 2 N–H and O–H groups in total. The number of fused-ring (bicyclic) bond motifs is 1. The Bertz CT molecular complexity index is 1190. The molecule has 7 heteroatoms. The van der Waals surface area contributed by atoms with Gasteiger partial charge in [-0.05, 0) is 65.6 Å². The molecule has 1 atom stereocenters. The number of anilines is 2. The molecule has 188 valence electrons. The molecule has 0 aromatic heterocycles. The number of para-hydroxylation sites is 1. The molecule has 7 nitrogen and oxygen atoms in total. The second kappa shape index (κ2) is 11.0. The first-order chi connectivity index (χ1) is 17.6. The molecule has 1 fully saturated rings. The maximum atomic E-state index is 12.5. The van der Waals surface area contributed by atoms with Gasteiger partial charge in [0.1, 0.15) is 11.5 Å². The van der Waals surface area contributed by atoms with Crippen molar-refractivity contribution in [3.8, 4) is 11.5 Å². The highest BCUT2D eigenvalue weighted by Gasteiger charge is 2.27. The summed E-state index contributed by atoms with van der Waals surface area (Å²) in [5.41, 5.74) is 5.36. The summed E-state index contributed by atoms with van der Waals surface area (Å²) in [5.74, 6) is 1.37. The van der Waals surface area contributed by atoms with Gasteiger partial charge in [-0.15, -0.1) is 0 Å². The summed E-state index contributed by atoms with van der Waals surface area (Å²) in [7, 11) is 1.69. The van der Waals surface area contributed by atoms with E-state index in [2.05, 4.69) is 39.4 Å². The Morgan fingerprint density at radius 3 is 2.61 bits per heavy atom. The Kier molecular flexibility index (Phi) is 7.39. The Labute approximate surface area is 212 Å². The highest BCUT2D eigenvalue weighted by molar-refractivity contribution is 5.92. The molecule has 36 heavy (non-hydrogen) atoms. The van der Waals surface area contributed by atoms with Crippen molar-refractivity contribution in [2.45, 2.75) is 18.9 Å². The number of methoxy groups -OCH3 is 1. The van der Waals surface area contributed by atoms with Crippen molar-refractivity contribution in [3.63, 3.8) is 0 Å². The number of aromatic hydroxyl groups is 1. The number of carbonyl (C=O) groups is 1. The SMILES string of the molecule is COc1ccc2c(c1)C(Cc1ccccc1O)CN(c1ccc(NC(=O)CN3CCOCC3)cc1)C2. The van der Waals surface area contributed by atoms with Gasteiger partial charge in [0.25, 0.3) is 0 Å². The average Bonchev–Trinajstić information content (AvgIpc) is 2.90. The zero-order chi connectivity index (χ0) is 24.9. The molecule has 0 saturated carbocycles. The van der Waals surface area contributed by atoms with E-state index in [9.17, 15) is 9.90 Å². The van der Waals surface area contributed by atoms with Crippen molar-refractivity contribution in [2.24, 2.45) is 0 Å². The molecule has 0 bridgehead atoms. The van der Waals surface area contributed by atoms with E-state index in [0.717, 1.165) is 55.3 Å². The molecule has 0 spiro atoms. The average molecular weight is 488 g/mol. The van der Waals surface area contributed by atoms with Crippen LogP contribution in [0.25, 0.3) is 0 Å². The van der Waals surface area contributed by atoms with Gasteiger partial charge in [0.2, 0.25) is 5.91 Å². The summed E-state index contributed by atoms with van der Waals surface area (Å²) >= 11 is 0. The molecule has 2 heterocycles. The van der Waals surface area contributed by atoms with Gasteiger partial charge in [-0.3, -0.25) is 9.69 Å². The van der Waals surface area contributed by atoms with Crippen LogP contribution in [0.15, 0.2) is 66.7 Å². The number of rotatable bonds is 7. The number of hydrogen-bond acceptors (Lipinski definition) is 6. The quantitative estimate of drug-likeness (QED) is 0.525. The highest BCUT2D eigenvalue weighted by atomic mass is 16.5. The number of carbonyl (C=O) groups excluding carboxylic acids is 1. The van der Waals surface area contributed by atoms with Gasteiger partial charge in [-0.1, -0.05) is 24.3 Å². The van der Waals surface area contributed by atoms with E-state index >= 15 is 0 Å². The molecule has 1 amide bonds. The Balaban J connectivity index is 1.31. The molecular weight excluding hydrogens is 454 g/mol. The summed E-state index contributed by atoms with van der Waals surface area (Å²) in [5, 5.41) is 13.4. The van der Waals surface area contributed by atoms with Crippen molar-refractivity contribution in [1.29, 1.82) is 0 Å². The third-order valence-electron chi connectivity index (χ3n) is 7.04. The van der Waals surface area contributed by atoms with Gasteiger partial charge in [0.05, 0.1) is 26.9 Å². The molecule has 1 saturated heterocycles. The van der Waals surface area contributed by atoms with Gasteiger partial charge in [0.15, 0.2) is 0 Å². The van der Waals surface area contributed by atoms with Gasteiger partial charge < -0.3 is 24.8 Å². The van der Waals surface area contributed by atoms with Crippen molar-refractivity contribution < 1.29 is 19.4 Å². The first-order valence-corrected chi connectivity index (χ1v) is 12.5. The van der Waals surface area contributed by atoms with E-state index in [1.54, 1.807) is 13.2 Å². The predicted molar refractivity (Wildman–Crippen MR) is 141 cm³/mol. The van der Waals surface area contributed by atoms with E-state index in [-0.39, 0.29) is 11.8 Å². The van der Waals surface area contributed by atoms with Crippen LogP contribution < -0.4 is 15.0 Å². The lowest BCUT2D eigenvalue weighted by molar-refractivity contribution is -0.118. The third kappa shape index (κ3) is 5.64. The van der Waals surface area contributed by atoms with Crippen LogP contribution in [0.5, 0.6) is 11.5 Å². The van der Waals surface area contributed by atoms with Gasteiger partial charge >= 0.3 is 0 Å². The zero-order valence-electron chi connectivity index (χ0n) is 20.7. The zero-order valence-corrected chi connectivity index (χ0v) is 20.7. The standard InChI is InChI=1S/C29H33N3O4/c1-35-26-11-6-22-18-32(19-23(27(22)17-26)16-21-4-2-3-5-28(21)33)25-9-7-24(8-10-25)30-29(34)20-31-12-14-36-15-13-31/h2-11,17,23,33H,12-16,18-20H2,1H3,(H,30,34). The molecule has 0 aliphatic carbocycles. The monoisotopic (exact) mass is 487 g/mol. The lowest BCUT2D eigenvalue weighted by Crippen LogP contribution is -2.41. The van der Waals surface area contributed by atoms with Crippen molar-refractivity contribution in [1.82, 2.24) is 4.90 Å². The summed E-state index contributed by atoms with van der Waals surface area (Å²) in [6, 6.07) is 21.9. The van der Waals surface area contributed by atoms with Gasteiger partial charge in [-0.2, -0.15) is 0 Å². The van der Waals surface area contributed by atoms with E-state index in [0.29, 0.717) is 25.5 Å². The van der Waals surface area contributed by atoms with Gasteiger partial charge in [0, 0.05) is 43.5 Å². The largest absolute Gasteiger partial charge is 0.508 e. The molecule has 3 aromatic carbocycles. The Hall–Kier alpha value is -3.55. The van der Waals surface area contributed by atoms with Crippen LogP contribution in [-0.2, 0) is 22.5 Å². The van der Waals surface area contributed by atoms with E-state index < -0.39 is 0 Å². The van der Waals surface area contributed by atoms with E-state index in [4.69, 9.17) is 9.47 Å². The number of nitrogens with one attached hydrogen (secondary N) is 1. The second-order valence-electron chi connectivity index (χ2n) is 9.46. The number of phenolic OH excluding ortho intramolecular Hbond substituents is 1. The smallest absolute Gasteiger partial charge is 0.238 e. The lowest BCUT2D eigenvalue weighted by atomic mass is 9.84. The second-order valence-corrected chi connectivity index (χ2v) is 9.46. The fourth-order valence-electron chi connectivity index (χ4n) is 5.10. The Morgan fingerprint density at radius 2 is 1.86 bits per heavy atom. The number of morpholine rings is 1. The van der Waals surface area contributed by atoms with E-state index in [1.807, 2.05) is 36.4 Å². The first-order valence-electron chi connectivity index (χ1n) is 12.5. The maximum absolute atomic E-state index is 12.5. The van der Waals surface area contributed by atoms with Crippen LogP contribution in [-0.4, -0.2) is 62.4 Å². The molecule has 0 radical (unpaired) electrons. The van der Waals surface area contributed by atoms with Crippen LogP contribution in [0.1, 0.15) is 22.6 Å². The minimum Gasteiger partial charge on any atom is -0.508 e. The van der Waals surface area contributed by atoms with Crippen molar-refractivity contribution in [3.05, 3.63) is 83.4 Å². The fraction of sp³-hybridized carbons (Fsp3) is 0.345. The number of nitrogens with zero attached hydrogens (tertiary/aromatic N) is 2. The number of ether oxygens (including phenoxy) is 2. The van der Waals surface area contributed by atoms with Crippen molar-refractivity contribution >= 4 is 17.3 Å². The minimum absolute atomic E-state index is 0.00627. The summed E-state index contributed by atoms with van der Waals surface area (Å²) in [6.07, 6.45) is 0.735. The van der Waals surface area contributed by atoms with Crippen LogP contribution in [0, 0.1) is 0 Å². The minimum atomic E-state index is -0.00627. The molecule has 5 rings (SSSR count). The lowest BCUT2D eigenvalue weighted by Gasteiger charge is -2.36. The summed E-state index contributed by atoms with van der Waals surface area (Å²) < 4.78 is 10.9. The molecule has 3 aromatic rings. The number of amides is 1. The normalized spacial score (nSPS) is 17.9. The summed E-state index contributed by atoms with van der Waals surface area (Å²) in [4.78, 5) is 16.9. The molecule has 2 aliphatic heterocycles. The highest BCUT2D eigenvalue weighted by Crippen LogP contribution is 2.37. The number of benzene rings is 3. The third-order valence-corrected chi connectivity index (χ3v) is 7.04. The fourth-order valence-corrected chi connectivity index (χ4v) is 5.10. The van der Waals surface area contributed by atoms with E-state index in [1.165, 1.54) is 11.1 Å². The van der Waals surface area contributed by atoms with Crippen molar-refractivity contribution in [2.75, 3.05) is 56.7 Å². The van der Waals surface area contributed by atoms with Gasteiger partial charge in [-0.25, -0.2) is 0 Å². The summed E-state index contributed by atoms with van der Waals surface area (Å²) in [6.45, 7) is 4.92. The van der Waals surface area contributed by atoms with Crippen LogP contribution in [0.3, 0.4) is 0 Å². The first kappa shape index (κ1) is 24.2. The Morgan fingerprint density at radius 1 is 1.08 bits per heavy atom. The predicted octanol–water partition coefficient (Wildman–Crippen LogP) is 4.02.